The maximum Gasteiger partial charge on any atom is 0.105 e. The Bertz CT molecular complexity index is 138. The second-order valence-corrected chi connectivity index (χ2v) is 4.39. The number of hydrogen-bond acceptors (Lipinski definition) is 3. The van der Waals surface area contributed by atoms with Crippen molar-refractivity contribution >= 4 is 0 Å². The van der Waals surface area contributed by atoms with Gasteiger partial charge in [0.2, 0.25) is 0 Å². The van der Waals surface area contributed by atoms with Crippen LogP contribution in [0.4, 0.5) is 0 Å². The number of rotatable bonds is 3. The Morgan fingerprint density at radius 3 is 2.33 bits per heavy atom. The predicted octanol–water partition coefficient (Wildman–Crippen LogP) is 0.775. The topological polar surface area (TPSA) is 44.5 Å². The van der Waals surface area contributed by atoms with Gasteiger partial charge in [0.15, 0.2) is 0 Å². The predicted molar refractivity (Wildman–Crippen MR) is 48.0 cm³/mol. The molecule has 72 valence electrons. The normalized spacial score (nSPS) is 22.0. The lowest BCUT2D eigenvalue weighted by atomic mass is 9.89. The second kappa shape index (κ2) is 3.73. The van der Waals surface area contributed by atoms with Gasteiger partial charge in [-0.2, -0.15) is 0 Å². The van der Waals surface area contributed by atoms with E-state index in [0.29, 0.717) is 6.54 Å². The molecule has 1 atom stereocenters. The molecule has 1 saturated heterocycles. The van der Waals surface area contributed by atoms with Gasteiger partial charge in [0, 0.05) is 6.54 Å². The summed E-state index contributed by atoms with van der Waals surface area (Å²) in [6, 6.07) is 0. The standard InChI is InChI=1S/C9H19NO2/c1-9(2,3)8(4-10)12-7-5-11-6-7/h7-8H,4-6,10H2,1-3H3. The highest BCUT2D eigenvalue weighted by Gasteiger charge is 2.29. The summed E-state index contributed by atoms with van der Waals surface area (Å²) in [7, 11) is 0. The Hall–Kier alpha value is -0.120. The van der Waals surface area contributed by atoms with E-state index in [0.717, 1.165) is 13.2 Å². The molecule has 1 aliphatic heterocycles. The number of nitrogens with two attached hydrogens (primary N) is 1. The Morgan fingerprint density at radius 2 is 2.08 bits per heavy atom. The van der Waals surface area contributed by atoms with Crippen LogP contribution in [0, 0.1) is 5.41 Å². The molecular weight excluding hydrogens is 154 g/mol. The zero-order chi connectivity index (χ0) is 9.19. The summed E-state index contributed by atoms with van der Waals surface area (Å²) in [6.45, 7) is 8.47. The number of hydrogen-bond donors (Lipinski definition) is 1. The van der Waals surface area contributed by atoms with E-state index in [1.54, 1.807) is 0 Å². The minimum absolute atomic E-state index is 0.129. The van der Waals surface area contributed by atoms with E-state index in [1.165, 1.54) is 0 Å². The van der Waals surface area contributed by atoms with Gasteiger partial charge in [-0.15, -0.1) is 0 Å². The van der Waals surface area contributed by atoms with Crippen molar-refractivity contribution in [2.45, 2.75) is 33.0 Å². The highest BCUT2D eigenvalue weighted by molar-refractivity contribution is 4.78. The molecule has 1 aliphatic rings. The van der Waals surface area contributed by atoms with Crippen LogP contribution in [0.1, 0.15) is 20.8 Å². The molecule has 3 nitrogen and oxygen atoms in total. The summed E-state index contributed by atoms with van der Waals surface area (Å²) < 4.78 is 10.8. The third-order valence-electron chi connectivity index (χ3n) is 2.14. The first-order valence-corrected chi connectivity index (χ1v) is 4.47. The van der Waals surface area contributed by atoms with Crippen molar-refractivity contribution in [3.05, 3.63) is 0 Å². The van der Waals surface area contributed by atoms with Gasteiger partial charge < -0.3 is 15.2 Å². The van der Waals surface area contributed by atoms with E-state index in [9.17, 15) is 0 Å². The molecule has 0 bridgehead atoms. The monoisotopic (exact) mass is 173 g/mol. The molecule has 0 aromatic carbocycles. The molecule has 2 N–H and O–H groups in total. The SMILES string of the molecule is CC(C)(C)C(CN)OC1COC1. The highest BCUT2D eigenvalue weighted by Crippen LogP contribution is 2.24. The Kier molecular flexibility index (Phi) is 3.09. The Labute approximate surface area is 74.2 Å². The molecule has 0 aromatic rings. The van der Waals surface area contributed by atoms with Crippen LogP contribution in [0.2, 0.25) is 0 Å². The third-order valence-corrected chi connectivity index (χ3v) is 2.14. The summed E-state index contributed by atoms with van der Waals surface area (Å²) in [5.74, 6) is 0. The smallest absolute Gasteiger partial charge is 0.105 e. The summed E-state index contributed by atoms with van der Waals surface area (Å²) >= 11 is 0. The summed E-state index contributed by atoms with van der Waals surface area (Å²) in [6.07, 6.45) is 0.421. The molecule has 1 fully saturated rings. The van der Waals surface area contributed by atoms with Crippen molar-refractivity contribution in [3.8, 4) is 0 Å². The van der Waals surface area contributed by atoms with Crippen molar-refractivity contribution in [2.75, 3.05) is 19.8 Å². The third kappa shape index (κ3) is 2.44. The van der Waals surface area contributed by atoms with E-state index in [4.69, 9.17) is 15.2 Å². The highest BCUT2D eigenvalue weighted by atomic mass is 16.6. The van der Waals surface area contributed by atoms with Crippen LogP contribution in [-0.2, 0) is 9.47 Å². The van der Waals surface area contributed by atoms with Crippen molar-refractivity contribution < 1.29 is 9.47 Å². The quantitative estimate of drug-likeness (QED) is 0.685. The van der Waals surface area contributed by atoms with Gasteiger partial charge in [0.05, 0.1) is 19.3 Å². The van der Waals surface area contributed by atoms with Crippen LogP contribution in [0.15, 0.2) is 0 Å². The van der Waals surface area contributed by atoms with Crippen LogP contribution < -0.4 is 5.73 Å². The molecule has 0 aliphatic carbocycles. The largest absolute Gasteiger partial charge is 0.376 e. The first-order chi connectivity index (χ1) is 5.54. The molecule has 1 heterocycles. The van der Waals surface area contributed by atoms with E-state index in [1.807, 2.05) is 0 Å². The van der Waals surface area contributed by atoms with Gasteiger partial charge in [-0.25, -0.2) is 0 Å². The molecular formula is C9H19NO2. The fourth-order valence-corrected chi connectivity index (χ4v) is 1.14. The van der Waals surface area contributed by atoms with Gasteiger partial charge in [-0.1, -0.05) is 20.8 Å². The molecule has 0 spiro atoms. The van der Waals surface area contributed by atoms with Crippen LogP contribution in [-0.4, -0.2) is 32.0 Å². The molecule has 0 radical (unpaired) electrons. The van der Waals surface area contributed by atoms with Crippen molar-refractivity contribution in [3.63, 3.8) is 0 Å². The van der Waals surface area contributed by atoms with Crippen LogP contribution in [0.5, 0.6) is 0 Å². The lowest BCUT2D eigenvalue weighted by Gasteiger charge is -2.36. The first-order valence-electron chi connectivity index (χ1n) is 4.47. The van der Waals surface area contributed by atoms with Crippen LogP contribution in [0.25, 0.3) is 0 Å². The summed E-state index contributed by atoms with van der Waals surface area (Å²) in [4.78, 5) is 0. The minimum atomic E-state index is 0.129. The summed E-state index contributed by atoms with van der Waals surface area (Å²) in [5, 5.41) is 0. The molecule has 1 unspecified atom stereocenters. The van der Waals surface area contributed by atoms with E-state index < -0.39 is 0 Å². The van der Waals surface area contributed by atoms with E-state index in [2.05, 4.69) is 20.8 Å². The van der Waals surface area contributed by atoms with Gasteiger partial charge in [-0.05, 0) is 5.41 Å². The van der Waals surface area contributed by atoms with Crippen molar-refractivity contribution in [1.82, 2.24) is 0 Å². The van der Waals surface area contributed by atoms with Gasteiger partial charge in [0.25, 0.3) is 0 Å². The Morgan fingerprint density at radius 1 is 1.50 bits per heavy atom. The minimum Gasteiger partial charge on any atom is -0.376 e. The van der Waals surface area contributed by atoms with Crippen molar-refractivity contribution in [2.24, 2.45) is 11.1 Å². The maximum absolute atomic E-state index is 5.75. The molecule has 0 saturated carbocycles. The maximum atomic E-state index is 5.75. The fraction of sp³-hybridized carbons (Fsp3) is 1.00. The van der Waals surface area contributed by atoms with E-state index in [-0.39, 0.29) is 17.6 Å². The van der Waals surface area contributed by atoms with Crippen LogP contribution in [0.3, 0.4) is 0 Å². The fourth-order valence-electron chi connectivity index (χ4n) is 1.14. The van der Waals surface area contributed by atoms with Gasteiger partial charge in [-0.3, -0.25) is 0 Å². The van der Waals surface area contributed by atoms with Crippen LogP contribution >= 0.6 is 0 Å². The molecule has 1 rings (SSSR count). The molecule has 3 heteroatoms. The molecule has 12 heavy (non-hydrogen) atoms. The Balaban J connectivity index is 2.34. The second-order valence-electron chi connectivity index (χ2n) is 4.39. The first kappa shape index (κ1) is 9.96. The van der Waals surface area contributed by atoms with Crippen molar-refractivity contribution in [1.29, 1.82) is 0 Å². The number of ether oxygens (including phenoxy) is 2. The van der Waals surface area contributed by atoms with E-state index >= 15 is 0 Å². The van der Waals surface area contributed by atoms with Gasteiger partial charge >= 0.3 is 0 Å². The summed E-state index contributed by atoms with van der Waals surface area (Å²) in [5.41, 5.74) is 5.75. The molecule has 0 amide bonds. The zero-order valence-corrected chi connectivity index (χ0v) is 8.17. The van der Waals surface area contributed by atoms with Gasteiger partial charge in [0.1, 0.15) is 6.10 Å². The molecule has 0 aromatic heterocycles. The lowest BCUT2D eigenvalue weighted by molar-refractivity contribution is -0.171. The lowest BCUT2D eigenvalue weighted by Crippen LogP contribution is -2.45. The average Bonchev–Trinajstić information content (AvgIpc) is 1.82. The average molecular weight is 173 g/mol. The zero-order valence-electron chi connectivity index (χ0n) is 8.17.